The summed E-state index contributed by atoms with van der Waals surface area (Å²) >= 11 is 0. The first-order chi connectivity index (χ1) is 9.99. The minimum Gasteiger partial charge on any atom is -0.358 e. The topological polar surface area (TPSA) is 90.1 Å². The van der Waals surface area contributed by atoms with Gasteiger partial charge < -0.3 is 15.4 Å². The third-order valence-electron chi connectivity index (χ3n) is 4.04. The highest BCUT2D eigenvalue weighted by Crippen LogP contribution is 2.19. The van der Waals surface area contributed by atoms with Crippen molar-refractivity contribution in [2.75, 3.05) is 0 Å². The number of nitro groups is 1. The van der Waals surface area contributed by atoms with Crippen molar-refractivity contribution in [2.45, 2.75) is 64.5 Å². The number of nitrogens with one attached hydrogen (secondary N) is 1. The molecule has 1 N–H and O–H groups in total. The lowest BCUT2D eigenvalue weighted by atomic mass is 10.1. The van der Waals surface area contributed by atoms with Crippen LogP contribution in [0.15, 0.2) is 6.07 Å². The largest absolute Gasteiger partial charge is 0.390 e. The standard InChI is InChI=1S/C14H22N4O3/c1-10-9-13(18(20)21)16-17(10)11(2)14(19)15-12-7-5-3-4-6-8-12/h9,11-12H,3-8H2,1-2H3,(H,15,19). The summed E-state index contributed by atoms with van der Waals surface area (Å²) in [4.78, 5) is 22.5. The van der Waals surface area contributed by atoms with Gasteiger partial charge in [0.2, 0.25) is 5.91 Å². The van der Waals surface area contributed by atoms with E-state index in [2.05, 4.69) is 10.4 Å². The average Bonchev–Trinajstić information content (AvgIpc) is 2.66. The second kappa shape index (κ2) is 6.69. The Balaban J connectivity index is 2.02. The molecule has 116 valence electrons. The highest BCUT2D eigenvalue weighted by Gasteiger charge is 2.26. The van der Waals surface area contributed by atoms with E-state index < -0.39 is 11.0 Å². The Kier molecular flexibility index (Phi) is 4.93. The van der Waals surface area contributed by atoms with Crippen LogP contribution in [-0.4, -0.2) is 26.7 Å². The molecule has 1 atom stereocenters. The monoisotopic (exact) mass is 294 g/mol. The summed E-state index contributed by atoms with van der Waals surface area (Å²) in [5.41, 5.74) is 0.616. The molecule has 2 rings (SSSR count). The summed E-state index contributed by atoms with van der Waals surface area (Å²) < 4.78 is 1.42. The van der Waals surface area contributed by atoms with Crippen LogP contribution in [0.3, 0.4) is 0 Å². The first-order valence-corrected chi connectivity index (χ1v) is 7.50. The Bertz CT molecular complexity index is 518. The zero-order chi connectivity index (χ0) is 15.4. The first-order valence-electron chi connectivity index (χ1n) is 7.50. The van der Waals surface area contributed by atoms with Crippen molar-refractivity contribution in [3.05, 3.63) is 21.9 Å². The van der Waals surface area contributed by atoms with Gasteiger partial charge in [0.1, 0.15) is 6.04 Å². The molecule has 0 aliphatic heterocycles. The number of aromatic nitrogens is 2. The number of amides is 1. The molecule has 21 heavy (non-hydrogen) atoms. The van der Waals surface area contributed by atoms with E-state index in [1.54, 1.807) is 13.8 Å². The predicted molar refractivity (Wildman–Crippen MR) is 78.0 cm³/mol. The fourth-order valence-electron chi connectivity index (χ4n) is 2.81. The third kappa shape index (κ3) is 3.80. The lowest BCUT2D eigenvalue weighted by Crippen LogP contribution is -2.39. The molecule has 0 aromatic carbocycles. The van der Waals surface area contributed by atoms with Crippen molar-refractivity contribution in [1.29, 1.82) is 0 Å². The maximum Gasteiger partial charge on any atom is 0.390 e. The summed E-state index contributed by atoms with van der Waals surface area (Å²) in [6, 6.07) is 1.06. The molecule has 7 nitrogen and oxygen atoms in total. The van der Waals surface area contributed by atoms with Crippen LogP contribution in [0.4, 0.5) is 5.82 Å². The van der Waals surface area contributed by atoms with Gasteiger partial charge in [0.15, 0.2) is 0 Å². The van der Waals surface area contributed by atoms with Gasteiger partial charge >= 0.3 is 5.82 Å². The van der Waals surface area contributed by atoms with E-state index in [-0.39, 0.29) is 17.8 Å². The zero-order valence-electron chi connectivity index (χ0n) is 12.5. The van der Waals surface area contributed by atoms with Crippen molar-refractivity contribution in [3.8, 4) is 0 Å². The van der Waals surface area contributed by atoms with E-state index in [4.69, 9.17) is 0 Å². The Morgan fingerprint density at radius 2 is 2.05 bits per heavy atom. The molecule has 1 amide bonds. The van der Waals surface area contributed by atoms with E-state index in [1.165, 1.54) is 23.6 Å². The quantitative estimate of drug-likeness (QED) is 0.525. The van der Waals surface area contributed by atoms with Crippen LogP contribution in [0.1, 0.15) is 57.2 Å². The normalized spacial score (nSPS) is 18.0. The van der Waals surface area contributed by atoms with Gasteiger partial charge in [-0.2, -0.15) is 4.68 Å². The van der Waals surface area contributed by atoms with Gasteiger partial charge in [-0.05, 0) is 31.6 Å². The molecule has 1 aromatic rings. The van der Waals surface area contributed by atoms with Gasteiger partial charge in [0.05, 0.1) is 16.9 Å². The number of rotatable bonds is 4. The van der Waals surface area contributed by atoms with Crippen molar-refractivity contribution in [1.82, 2.24) is 15.1 Å². The molecule has 1 saturated carbocycles. The minimum atomic E-state index is -0.542. The maximum atomic E-state index is 12.3. The van der Waals surface area contributed by atoms with Gasteiger partial charge in [0, 0.05) is 6.04 Å². The van der Waals surface area contributed by atoms with Crippen LogP contribution in [0.25, 0.3) is 0 Å². The first kappa shape index (κ1) is 15.5. The Hall–Kier alpha value is -1.92. The van der Waals surface area contributed by atoms with Gasteiger partial charge in [-0.3, -0.25) is 4.79 Å². The average molecular weight is 294 g/mol. The molecule has 1 aliphatic rings. The molecule has 7 heteroatoms. The van der Waals surface area contributed by atoms with Gasteiger partial charge in [-0.1, -0.05) is 25.7 Å². The van der Waals surface area contributed by atoms with Gasteiger partial charge in [-0.25, -0.2) is 0 Å². The molecule has 1 fully saturated rings. The Labute approximate surface area is 123 Å². The van der Waals surface area contributed by atoms with Crippen LogP contribution >= 0.6 is 0 Å². The van der Waals surface area contributed by atoms with Crippen LogP contribution < -0.4 is 5.32 Å². The smallest absolute Gasteiger partial charge is 0.358 e. The van der Waals surface area contributed by atoms with Crippen LogP contribution in [-0.2, 0) is 4.79 Å². The molecular formula is C14H22N4O3. The van der Waals surface area contributed by atoms with Gasteiger partial charge in [-0.15, -0.1) is 0 Å². The number of carbonyl (C=O) groups is 1. The molecular weight excluding hydrogens is 272 g/mol. The SMILES string of the molecule is Cc1cc([N+](=O)[O-])nn1C(C)C(=O)NC1CCCCCC1. The number of hydrogen-bond acceptors (Lipinski definition) is 4. The molecule has 0 spiro atoms. The van der Waals surface area contributed by atoms with Crippen molar-refractivity contribution in [3.63, 3.8) is 0 Å². The van der Waals surface area contributed by atoms with Crippen LogP contribution in [0, 0.1) is 17.0 Å². The van der Waals surface area contributed by atoms with Crippen molar-refractivity contribution >= 4 is 11.7 Å². The number of hydrogen-bond donors (Lipinski definition) is 1. The summed E-state index contributed by atoms with van der Waals surface area (Å²) in [5, 5.41) is 17.7. The minimum absolute atomic E-state index is 0.122. The third-order valence-corrected chi connectivity index (χ3v) is 4.04. The summed E-state index contributed by atoms with van der Waals surface area (Å²) in [6.07, 6.45) is 6.77. The van der Waals surface area contributed by atoms with E-state index in [1.807, 2.05) is 0 Å². The second-order valence-electron chi connectivity index (χ2n) is 5.72. The predicted octanol–water partition coefficient (Wildman–Crippen LogP) is 2.50. The van der Waals surface area contributed by atoms with E-state index in [0.29, 0.717) is 5.69 Å². The summed E-state index contributed by atoms with van der Waals surface area (Å²) in [5.74, 6) is -0.343. The summed E-state index contributed by atoms with van der Waals surface area (Å²) in [6.45, 7) is 3.44. The van der Waals surface area contributed by atoms with Crippen molar-refractivity contribution < 1.29 is 9.72 Å². The molecule has 1 aromatic heterocycles. The number of carbonyl (C=O) groups excluding carboxylic acids is 1. The molecule has 1 unspecified atom stereocenters. The number of nitrogens with zero attached hydrogens (tertiary/aromatic N) is 3. The Morgan fingerprint density at radius 3 is 2.57 bits per heavy atom. The van der Waals surface area contributed by atoms with Crippen LogP contribution in [0.5, 0.6) is 0 Å². The van der Waals surface area contributed by atoms with E-state index in [9.17, 15) is 14.9 Å². The molecule has 0 bridgehead atoms. The number of aryl methyl sites for hydroxylation is 1. The van der Waals surface area contributed by atoms with Gasteiger partial charge in [0.25, 0.3) is 0 Å². The fraction of sp³-hybridized carbons (Fsp3) is 0.714. The fourth-order valence-corrected chi connectivity index (χ4v) is 2.81. The lowest BCUT2D eigenvalue weighted by Gasteiger charge is -2.19. The molecule has 0 saturated heterocycles. The second-order valence-corrected chi connectivity index (χ2v) is 5.72. The molecule has 1 aliphatic carbocycles. The summed E-state index contributed by atoms with van der Waals surface area (Å²) in [7, 11) is 0. The highest BCUT2D eigenvalue weighted by molar-refractivity contribution is 5.80. The highest BCUT2D eigenvalue weighted by atomic mass is 16.6. The zero-order valence-corrected chi connectivity index (χ0v) is 12.5. The van der Waals surface area contributed by atoms with E-state index in [0.717, 1.165) is 25.7 Å². The van der Waals surface area contributed by atoms with Crippen LogP contribution in [0.2, 0.25) is 0 Å². The van der Waals surface area contributed by atoms with E-state index >= 15 is 0 Å². The Morgan fingerprint density at radius 1 is 1.43 bits per heavy atom. The molecule has 1 heterocycles. The lowest BCUT2D eigenvalue weighted by molar-refractivity contribution is -0.389. The van der Waals surface area contributed by atoms with Crippen molar-refractivity contribution in [2.24, 2.45) is 0 Å². The maximum absolute atomic E-state index is 12.3. The molecule has 0 radical (unpaired) electrons.